The number of nitrogens with one attached hydrogen (secondary N) is 1. The number of likely N-dealkylation sites (tertiary alicyclic amines) is 1. The Morgan fingerprint density at radius 3 is 3.15 bits per heavy atom. The number of hydrogen-bond donors (Lipinski definition) is 2. The van der Waals surface area contributed by atoms with Gasteiger partial charge in [0.15, 0.2) is 0 Å². The van der Waals surface area contributed by atoms with E-state index in [1.807, 2.05) is 17.2 Å². The van der Waals surface area contributed by atoms with E-state index < -0.39 is 0 Å². The van der Waals surface area contributed by atoms with Crippen LogP contribution in [0.15, 0.2) is 5.38 Å². The first-order valence-corrected chi connectivity index (χ1v) is 8.15. The summed E-state index contributed by atoms with van der Waals surface area (Å²) >= 11 is 1.64. The zero-order valence-electron chi connectivity index (χ0n) is 12.0. The number of carbonyl (C=O) groups excluding carboxylic acids is 1. The van der Waals surface area contributed by atoms with Crippen molar-refractivity contribution in [3.63, 3.8) is 0 Å². The fourth-order valence-electron chi connectivity index (χ4n) is 2.64. The van der Waals surface area contributed by atoms with Gasteiger partial charge in [-0.05, 0) is 32.6 Å². The Balaban J connectivity index is 1.77. The second-order valence-electron chi connectivity index (χ2n) is 5.20. The number of carbonyl (C=O) groups is 1. The molecule has 1 unspecified atom stereocenters. The lowest BCUT2D eigenvalue weighted by Gasteiger charge is -2.35. The van der Waals surface area contributed by atoms with Gasteiger partial charge in [0, 0.05) is 37.5 Å². The van der Waals surface area contributed by atoms with E-state index in [0.29, 0.717) is 13.0 Å². The third-order valence-electron chi connectivity index (χ3n) is 3.67. The van der Waals surface area contributed by atoms with Crippen LogP contribution in [-0.4, -0.2) is 46.8 Å². The molecular weight excluding hydrogens is 274 g/mol. The van der Waals surface area contributed by atoms with E-state index in [2.05, 4.69) is 10.3 Å². The fraction of sp³-hybridized carbons (Fsp3) is 0.714. The van der Waals surface area contributed by atoms with Crippen LogP contribution in [-0.2, 0) is 6.42 Å². The SMILES string of the molecule is Cc1nc(CCNC(=O)N2CCCCC2CCO)cs1. The largest absolute Gasteiger partial charge is 0.396 e. The van der Waals surface area contributed by atoms with Crippen molar-refractivity contribution in [3.8, 4) is 0 Å². The second-order valence-corrected chi connectivity index (χ2v) is 6.26. The maximum Gasteiger partial charge on any atom is 0.317 e. The van der Waals surface area contributed by atoms with Gasteiger partial charge in [0.2, 0.25) is 0 Å². The number of amides is 2. The summed E-state index contributed by atoms with van der Waals surface area (Å²) in [5.74, 6) is 0. The Labute approximate surface area is 124 Å². The Kier molecular flexibility index (Phi) is 5.79. The third-order valence-corrected chi connectivity index (χ3v) is 4.50. The van der Waals surface area contributed by atoms with Crippen molar-refractivity contribution in [1.29, 1.82) is 0 Å². The maximum atomic E-state index is 12.2. The van der Waals surface area contributed by atoms with Crippen molar-refractivity contribution in [3.05, 3.63) is 16.1 Å². The fourth-order valence-corrected chi connectivity index (χ4v) is 3.29. The standard InChI is InChI=1S/C14H23N3O2S/c1-11-16-12(10-20-11)5-7-15-14(19)17-8-3-2-4-13(17)6-9-18/h10,13,18H,2-9H2,1H3,(H,15,19). The Morgan fingerprint density at radius 1 is 1.60 bits per heavy atom. The molecule has 0 spiro atoms. The molecule has 0 aliphatic carbocycles. The molecule has 20 heavy (non-hydrogen) atoms. The van der Waals surface area contributed by atoms with Crippen LogP contribution in [0.1, 0.15) is 36.4 Å². The van der Waals surface area contributed by atoms with Gasteiger partial charge in [0.05, 0.1) is 10.7 Å². The van der Waals surface area contributed by atoms with Crippen molar-refractivity contribution < 1.29 is 9.90 Å². The van der Waals surface area contributed by atoms with E-state index >= 15 is 0 Å². The van der Waals surface area contributed by atoms with Crippen molar-refractivity contribution in [1.82, 2.24) is 15.2 Å². The van der Waals surface area contributed by atoms with E-state index in [1.165, 1.54) is 0 Å². The van der Waals surface area contributed by atoms with Gasteiger partial charge in [0.25, 0.3) is 0 Å². The highest BCUT2D eigenvalue weighted by Gasteiger charge is 2.25. The summed E-state index contributed by atoms with van der Waals surface area (Å²) in [6.45, 7) is 3.54. The number of hydrogen-bond acceptors (Lipinski definition) is 4. The number of urea groups is 1. The summed E-state index contributed by atoms with van der Waals surface area (Å²) in [6.07, 6.45) is 4.65. The third kappa shape index (κ3) is 4.18. The van der Waals surface area contributed by atoms with Crippen LogP contribution >= 0.6 is 11.3 Å². The molecule has 0 saturated carbocycles. The van der Waals surface area contributed by atoms with Crippen LogP contribution in [0.5, 0.6) is 0 Å². The molecule has 0 radical (unpaired) electrons. The molecule has 2 N–H and O–H groups in total. The summed E-state index contributed by atoms with van der Waals surface area (Å²) in [4.78, 5) is 18.5. The molecule has 2 heterocycles. The molecular formula is C14H23N3O2S. The van der Waals surface area contributed by atoms with Gasteiger partial charge >= 0.3 is 6.03 Å². The van der Waals surface area contributed by atoms with Crippen LogP contribution in [0.25, 0.3) is 0 Å². The number of aliphatic hydroxyl groups excluding tert-OH is 1. The molecule has 1 aliphatic rings. The minimum atomic E-state index is -0.00454. The summed E-state index contributed by atoms with van der Waals surface area (Å²) in [5.41, 5.74) is 1.04. The van der Waals surface area contributed by atoms with Crippen molar-refractivity contribution in [2.45, 2.75) is 45.1 Å². The molecule has 1 aromatic rings. The van der Waals surface area contributed by atoms with Crippen LogP contribution in [0.3, 0.4) is 0 Å². The highest BCUT2D eigenvalue weighted by Crippen LogP contribution is 2.19. The van der Waals surface area contributed by atoms with Crippen molar-refractivity contribution in [2.24, 2.45) is 0 Å². The lowest BCUT2D eigenvalue weighted by molar-refractivity contribution is 0.132. The highest BCUT2D eigenvalue weighted by molar-refractivity contribution is 7.09. The van der Waals surface area contributed by atoms with E-state index in [4.69, 9.17) is 5.11 Å². The van der Waals surface area contributed by atoms with Gasteiger partial charge in [-0.2, -0.15) is 0 Å². The Morgan fingerprint density at radius 2 is 2.45 bits per heavy atom. The number of nitrogens with zero attached hydrogens (tertiary/aromatic N) is 2. The lowest BCUT2D eigenvalue weighted by atomic mass is 10.0. The van der Waals surface area contributed by atoms with E-state index in [-0.39, 0.29) is 18.7 Å². The van der Waals surface area contributed by atoms with Gasteiger partial charge in [0.1, 0.15) is 0 Å². The molecule has 6 heteroatoms. The molecule has 0 aromatic carbocycles. The average molecular weight is 297 g/mol. The van der Waals surface area contributed by atoms with Crippen LogP contribution in [0, 0.1) is 6.92 Å². The normalized spacial score (nSPS) is 19.1. The van der Waals surface area contributed by atoms with Gasteiger partial charge in [-0.15, -0.1) is 11.3 Å². The molecule has 1 aromatic heterocycles. The highest BCUT2D eigenvalue weighted by atomic mass is 32.1. The predicted octanol–water partition coefficient (Wildman–Crippen LogP) is 1.94. The summed E-state index contributed by atoms with van der Waals surface area (Å²) < 4.78 is 0. The van der Waals surface area contributed by atoms with Crippen LogP contribution in [0.4, 0.5) is 4.79 Å². The maximum absolute atomic E-state index is 12.2. The first kappa shape index (κ1) is 15.3. The minimum Gasteiger partial charge on any atom is -0.396 e. The van der Waals surface area contributed by atoms with Gasteiger partial charge < -0.3 is 15.3 Å². The summed E-state index contributed by atoms with van der Waals surface area (Å²) in [7, 11) is 0. The quantitative estimate of drug-likeness (QED) is 0.873. The van der Waals surface area contributed by atoms with Crippen molar-refractivity contribution >= 4 is 17.4 Å². The monoisotopic (exact) mass is 297 g/mol. The Hall–Kier alpha value is -1.14. The van der Waals surface area contributed by atoms with E-state index in [9.17, 15) is 4.79 Å². The molecule has 5 nitrogen and oxygen atoms in total. The van der Waals surface area contributed by atoms with Crippen LogP contribution in [0.2, 0.25) is 0 Å². The molecule has 1 aliphatic heterocycles. The molecule has 1 fully saturated rings. The van der Waals surface area contributed by atoms with Gasteiger partial charge in [-0.25, -0.2) is 9.78 Å². The number of thiazole rings is 1. The molecule has 1 atom stereocenters. The molecule has 2 rings (SSSR count). The zero-order valence-corrected chi connectivity index (χ0v) is 12.8. The van der Waals surface area contributed by atoms with E-state index in [0.717, 1.165) is 42.9 Å². The average Bonchev–Trinajstić information content (AvgIpc) is 2.85. The number of aryl methyl sites for hydroxylation is 1. The second kappa shape index (κ2) is 7.59. The number of rotatable bonds is 5. The topological polar surface area (TPSA) is 65.5 Å². The molecule has 1 saturated heterocycles. The van der Waals surface area contributed by atoms with Crippen LogP contribution < -0.4 is 5.32 Å². The van der Waals surface area contributed by atoms with Crippen molar-refractivity contribution in [2.75, 3.05) is 19.7 Å². The van der Waals surface area contributed by atoms with Gasteiger partial charge in [-0.1, -0.05) is 0 Å². The number of aromatic nitrogens is 1. The smallest absolute Gasteiger partial charge is 0.317 e. The molecule has 0 bridgehead atoms. The zero-order chi connectivity index (χ0) is 14.4. The lowest BCUT2D eigenvalue weighted by Crippen LogP contribution is -2.49. The van der Waals surface area contributed by atoms with E-state index in [1.54, 1.807) is 11.3 Å². The summed E-state index contributed by atoms with van der Waals surface area (Å²) in [6, 6.07) is 0.186. The molecule has 112 valence electrons. The summed E-state index contributed by atoms with van der Waals surface area (Å²) in [5, 5.41) is 15.1. The first-order valence-electron chi connectivity index (χ1n) is 7.27. The first-order chi connectivity index (χ1) is 9.70. The van der Waals surface area contributed by atoms with Gasteiger partial charge in [-0.3, -0.25) is 0 Å². The Bertz CT molecular complexity index is 434. The number of aliphatic hydroxyl groups is 1. The minimum absolute atomic E-state index is 0.00454. The molecule has 2 amide bonds. The predicted molar refractivity (Wildman–Crippen MR) is 80.0 cm³/mol. The number of piperidine rings is 1.